The lowest BCUT2D eigenvalue weighted by Gasteiger charge is -2.42. The third-order valence-corrected chi connectivity index (χ3v) is 7.34. The van der Waals surface area contributed by atoms with Crippen LogP contribution in [0.25, 0.3) is 0 Å². The molecule has 9 nitrogen and oxygen atoms in total. The van der Waals surface area contributed by atoms with Crippen LogP contribution in [0.5, 0.6) is 5.88 Å². The molecular weight excluding hydrogens is 484 g/mol. The van der Waals surface area contributed by atoms with E-state index < -0.39 is 5.60 Å². The molecule has 2 atom stereocenters. The first-order valence-corrected chi connectivity index (χ1v) is 13.6. The van der Waals surface area contributed by atoms with Crippen LogP contribution in [0, 0.1) is 0 Å². The number of benzene rings is 1. The van der Waals surface area contributed by atoms with Gasteiger partial charge >= 0.3 is 12.2 Å². The molecule has 2 aromatic rings. The van der Waals surface area contributed by atoms with Crippen molar-refractivity contribution in [2.24, 2.45) is 0 Å². The lowest BCUT2D eigenvalue weighted by atomic mass is 10.1. The number of hydrogen-bond donors (Lipinski definition) is 0. The molecule has 1 aromatic heterocycles. The van der Waals surface area contributed by atoms with Gasteiger partial charge in [-0.2, -0.15) is 0 Å². The Balaban J connectivity index is 1.14. The van der Waals surface area contributed by atoms with Crippen LogP contribution in [0.15, 0.2) is 48.7 Å². The van der Waals surface area contributed by atoms with Gasteiger partial charge in [-0.3, -0.25) is 0 Å². The average Bonchev–Trinajstić information content (AvgIpc) is 3.16. The minimum Gasteiger partial charge on any atom is -0.474 e. The third kappa shape index (κ3) is 6.31. The van der Waals surface area contributed by atoms with Crippen LogP contribution in [-0.4, -0.2) is 76.9 Å². The molecule has 9 heteroatoms. The summed E-state index contributed by atoms with van der Waals surface area (Å²) < 4.78 is 17.3. The molecule has 38 heavy (non-hydrogen) atoms. The van der Waals surface area contributed by atoms with Gasteiger partial charge in [0.05, 0.1) is 0 Å². The van der Waals surface area contributed by atoms with Crippen LogP contribution in [-0.2, 0) is 16.1 Å². The van der Waals surface area contributed by atoms with Gasteiger partial charge in [0.15, 0.2) is 0 Å². The monoisotopic (exact) mass is 522 g/mol. The van der Waals surface area contributed by atoms with Gasteiger partial charge in [-0.25, -0.2) is 14.6 Å². The molecule has 0 radical (unpaired) electrons. The van der Waals surface area contributed by atoms with E-state index in [2.05, 4.69) is 9.88 Å². The van der Waals surface area contributed by atoms with E-state index in [0.717, 1.165) is 36.9 Å². The van der Waals surface area contributed by atoms with Crippen LogP contribution in [0.1, 0.15) is 52.0 Å². The number of amides is 2. The van der Waals surface area contributed by atoms with Gasteiger partial charge in [-0.15, -0.1) is 0 Å². The summed E-state index contributed by atoms with van der Waals surface area (Å²) in [6.07, 6.45) is 4.82. The zero-order valence-corrected chi connectivity index (χ0v) is 22.5. The van der Waals surface area contributed by atoms with E-state index in [1.165, 1.54) is 0 Å². The Hall–Kier alpha value is -3.49. The largest absolute Gasteiger partial charge is 0.474 e. The van der Waals surface area contributed by atoms with E-state index in [1.54, 1.807) is 11.1 Å². The van der Waals surface area contributed by atoms with Crippen molar-refractivity contribution < 1.29 is 23.8 Å². The van der Waals surface area contributed by atoms with Crippen LogP contribution in [0.4, 0.5) is 15.3 Å². The summed E-state index contributed by atoms with van der Waals surface area (Å²) in [4.78, 5) is 35.6. The van der Waals surface area contributed by atoms with Crippen molar-refractivity contribution in [1.29, 1.82) is 0 Å². The summed E-state index contributed by atoms with van der Waals surface area (Å²) in [5, 5.41) is 0. The van der Waals surface area contributed by atoms with Gasteiger partial charge in [0.25, 0.3) is 0 Å². The second-order valence-electron chi connectivity index (χ2n) is 11.4. The first kappa shape index (κ1) is 26.1. The summed E-state index contributed by atoms with van der Waals surface area (Å²) in [6, 6.07) is 14.3. The van der Waals surface area contributed by atoms with Gasteiger partial charge in [0.2, 0.25) is 5.88 Å². The molecule has 0 spiro atoms. The smallest absolute Gasteiger partial charge is 0.410 e. The molecule has 2 bridgehead atoms. The van der Waals surface area contributed by atoms with Crippen LogP contribution in [0.3, 0.4) is 0 Å². The van der Waals surface area contributed by atoms with E-state index in [0.29, 0.717) is 32.1 Å². The molecular formula is C29H38N4O5. The second kappa shape index (κ2) is 11.1. The van der Waals surface area contributed by atoms with Crippen LogP contribution < -0.4 is 9.64 Å². The number of ether oxygens (including phenoxy) is 3. The number of carbonyl (C=O) groups excluding carboxylic acids is 2. The average molecular weight is 523 g/mol. The Morgan fingerprint density at radius 1 is 0.921 bits per heavy atom. The number of anilines is 1. The summed E-state index contributed by atoms with van der Waals surface area (Å²) >= 11 is 0. The summed E-state index contributed by atoms with van der Waals surface area (Å²) in [6.45, 7) is 8.42. The Morgan fingerprint density at radius 2 is 1.61 bits per heavy atom. The maximum Gasteiger partial charge on any atom is 0.410 e. The number of piperidine rings is 1. The fourth-order valence-corrected chi connectivity index (χ4v) is 5.56. The van der Waals surface area contributed by atoms with E-state index in [9.17, 15) is 9.59 Å². The maximum atomic E-state index is 12.8. The lowest BCUT2D eigenvalue weighted by Crippen LogP contribution is -2.55. The highest BCUT2D eigenvalue weighted by molar-refractivity contribution is 5.69. The maximum absolute atomic E-state index is 12.8. The number of carbonyl (C=O) groups is 2. The van der Waals surface area contributed by atoms with Gasteiger partial charge in [0.1, 0.15) is 18.3 Å². The quantitative estimate of drug-likeness (QED) is 0.555. The van der Waals surface area contributed by atoms with E-state index in [-0.39, 0.29) is 37.0 Å². The molecule has 0 N–H and O–H groups in total. The van der Waals surface area contributed by atoms with Crippen molar-refractivity contribution in [2.75, 3.05) is 31.1 Å². The third-order valence-electron chi connectivity index (χ3n) is 7.34. The van der Waals surface area contributed by atoms with Crippen molar-refractivity contribution in [3.63, 3.8) is 0 Å². The van der Waals surface area contributed by atoms with Gasteiger partial charge in [-0.05, 0) is 45.2 Å². The molecule has 0 aliphatic carbocycles. The Morgan fingerprint density at radius 3 is 2.26 bits per heavy atom. The topological polar surface area (TPSA) is 84.4 Å². The highest BCUT2D eigenvalue weighted by atomic mass is 16.6. The number of pyridine rings is 1. The van der Waals surface area contributed by atoms with Crippen LogP contribution >= 0.6 is 0 Å². The number of rotatable bonds is 5. The molecule has 5 rings (SSSR count). The Bertz CT molecular complexity index is 1100. The molecule has 204 valence electrons. The number of piperazine rings is 1. The fourth-order valence-electron chi connectivity index (χ4n) is 5.56. The first-order chi connectivity index (χ1) is 18.2. The van der Waals surface area contributed by atoms with Crippen LogP contribution in [0.2, 0.25) is 0 Å². The van der Waals surface area contributed by atoms with Crippen molar-refractivity contribution in [3.05, 3.63) is 54.2 Å². The molecule has 3 aliphatic heterocycles. The highest BCUT2D eigenvalue weighted by Crippen LogP contribution is 2.36. The summed E-state index contributed by atoms with van der Waals surface area (Å²) in [5.41, 5.74) is 1.57. The van der Waals surface area contributed by atoms with Gasteiger partial charge in [0, 0.05) is 69.1 Å². The van der Waals surface area contributed by atoms with Crippen molar-refractivity contribution in [2.45, 2.75) is 76.9 Å². The molecule has 3 aliphatic rings. The molecule has 2 unspecified atom stereocenters. The second-order valence-corrected chi connectivity index (χ2v) is 11.4. The number of fused-ring (bicyclic) bond motifs is 2. The Kier molecular flexibility index (Phi) is 7.63. The van der Waals surface area contributed by atoms with Crippen molar-refractivity contribution >= 4 is 17.9 Å². The zero-order valence-electron chi connectivity index (χ0n) is 22.5. The van der Waals surface area contributed by atoms with Gasteiger partial charge < -0.3 is 28.9 Å². The van der Waals surface area contributed by atoms with Crippen molar-refractivity contribution in [1.82, 2.24) is 14.8 Å². The normalized spacial score (nSPS) is 21.8. The number of aromatic nitrogens is 1. The predicted molar refractivity (Wildman–Crippen MR) is 143 cm³/mol. The lowest BCUT2D eigenvalue weighted by molar-refractivity contribution is 0.0123. The van der Waals surface area contributed by atoms with E-state index in [1.807, 2.05) is 68.1 Å². The van der Waals surface area contributed by atoms with E-state index >= 15 is 0 Å². The van der Waals surface area contributed by atoms with Crippen molar-refractivity contribution in [3.8, 4) is 5.88 Å². The fraction of sp³-hybridized carbons (Fsp3) is 0.552. The summed E-state index contributed by atoms with van der Waals surface area (Å²) in [7, 11) is 0. The number of nitrogens with zero attached hydrogens (tertiary/aromatic N) is 4. The standard InChI is InChI=1S/C29H38N4O5/c1-29(2,3)38-28(35)31-15-12-25(13-16-31)37-26-17-22(11-14-30-26)33-23-9-10-24(33)19-32(18-23)27(34)36-20-21-7-5-4-6-8-21/h4-8,11,14,17,23-25H,9-10,12-13,15-16,18-20H2,1-3H3. The molecule has 0 saturated carbocycles. The number of likely N-dealkylation sites (tertiary alicyclic amines) is 2. The predicted octanol–water partition coefficient (Wildman–Crippen LogP) is 4.85. The zero-order chi connectivity index (χ0) is 26.7. The minimum absolute atomic E-state index is 0.00407. The molecule has 4 heterocycles. The molecule has 2 amide bonds. The van der Waals surface area contributed by atoms with E-state index in [4.69, 9.17) is 14.2 Å². The molecule has 1 aromatic carbocycles. The molecule has 3 saturated heterocycles. The Labute approximate surface area is 224 Å². The SMILES string of the molecule is CC(C)(C)OC(=O)N1CCC(Oc2cc(N3C4CCC3CN(C(=O)OCc3ccccc3)C4)ccn2)CC1. The first-order valence-electron chi connectivity index (χ1n) is 13.6. The minimum atomic E-state index is -0.498. The molecule has 3 fully saturated rings. The van der Waals surface area contributed by atoms with Gasteiger partial charge in [-0.1, -0.05) is 30.3 Å². The number of hydrogen-bond acceptors (Lipinski definition) is 7. The summed E-state index contributed by atoms with van der Waals surface area (Å²) in [5.74, 6) is 0.599. The highest BCUT2D eigenvalue weighted by Gasteiger charge is 2.42.